The summed E-state index contributed by atoms with van der Waals surface area (Å²) in [7, 11) is 0. The molecule has 0 spiro atoms. The number of amides is 1. The summed E-state index contributed by atoms with van der Waals surface area (Å²) in [5.41, 5.74) is 1.06. The lowest BCUT2D eigenvalue weighted by molar-refractivity contribution is -0.137. The lowest BCUT2D eigenvalue weighted by Crippen LogP contribution is -2.46. The summed E-state index contributed by atoms with van der Waals surface area (Å²) in [6, 6.07) is 7.74. The van der Waals surface area contributed by atoms with Crippen molar-refractivity contribution in [3.05, 3.63) is 47.5 Å². The number of morpholine rings is 1. The molecule has 1 saturated heterocycles. The van der Waals surface area contributed by atoms with Crippen molar-refractivity contribution in [2.75, 3.05) is 19.7 Å². The van der Waals surface area contributed by atoms with E-state index in [2.05, 4.69) is 6.58 Å². The molecule has 102 valence electrons. The summed E-state index contributed by atoms with van der Waals surface area (Å²) in [5, 5.41) is 0.751. The van der Waals surface area contributed by atoms with E-state index in [1.165, 1.54) is 0 Å². The van der Waals surface area contributed by atoms with Gasteiger partial charge in [0.1, 0.15) is 0 Å². The third-order valence-corrected chi connectivity index (χ3v) is 3.58. The van der Waals surface area contributed by atoms with Gasteiger partial charge in [0.05, 0.1) is 12.7 Å². The van der Waals surface area contributed by atoms with E-state index in [1.807, 2.05) is 29.2 Å². The molecule has 2 rings (SSSR count). The molecule has 0 aromatic heterocycles. The van der Waals surface area contributed by atoms with Crippen molar-refractivity contribution < 1.29 is 9.53 Å². The van der Waals surface area contributed by atoms with Crippen LogP contribution in [0.1, 0.15) is 12.0 Å². The fourth-order valence-corrected chi connectivity index (χ4v) is 2.44. The van der Waals surface area contributed by atoms with Gasteiger partial charge in [0.25, 0.3) is 0 Å². The predicted molar refractivity (Wildman–Crippen MR) is 76.3 cm³/mol. The quantitative estimate of drug-likeness (QED) is 0.793. The minimum atomic E-state index is 0.0161. The van der Waals surface area contributed by atoms with Gasteiger partial charge in [0.2, 0.25) is 5.91 Å². The first kappa shape index (κ1) is 14.1. The number of halogens is 1. The summed E-state index contributed by atoms with van der Waals surface area (Å²) >= 11 is 6.14. The Kier molecular flexibility index (Phi) is 5.00. The maximum Gasteiger partial charge on any atom is 0.226 e. The fraction of sp³-hybridized carbons (Fsp3) is 0.400. The van der Waals surface area contributed by atoms with Gasteiger partial charge < -0.3 is 9.64 Å². The molecule has 0 unspecified atom stereocenters. The van der Waals surface area contributed by atoms with Gasteiger partial charge in [-0.1, -0.05) is 35.9 Å². The normalized spacial score (nSPS) is 19.2. The van der Waals surface area contributed by atoms with E-state index in [-0.39, 0.29) is 12.0 Å². The first-order chi connectivity index (χ1) is 9.20. The van der Waals surface area contributed by atoms with E-state index < -0.39 is 0 Å². The second kappa shape index (κ2) is 6.73. The van der Waals surface area contributed by atoms with Crippen LogP contribution in [0.3, 0.4) is 0 Å². The number of nitrogens with zero attached hydrogens (tertiary/aromatic N) is 1. The van der Waals surface area contributed by atoms with Gasteiger partial charge in [0.15, 0.2) is 0 Å². The molecular weight excluding hydrogens is 262 g/mol. The van der Waals surface area contributed by atoms with Gasteiger partial charge in [-0.3, -0.25) is 4.79 Å². The Bertz CT molecular complexity index is 461. The highest BCUT2D eigenvalue weighted by Gasteiger charge is 2.24. The van der Waals surface area contributed by atoms with E-state index in [1.54, 1.807) is 6.08 Å². The van der Waals surface area contributed by atoms with Crippen LogP contribution in [-0.2, 0) is 16.0 Å². The number of carbonyl (C=O) groups is 1. The van der Waals surface area contributed by atoms with Crippen molar-refractivity contribution in [1.82, 2.24) is 4.90 Å². The van der Waals surface area contributed by atoms with Gasteiger partial charge in [-0.15, -0.1) is 6.58 Å². The number of rotatable bonds is 4. The number of carbonyl (C=O) groups excluding carboxylic acids is 1. The van der Waals surface area contributed by atoms with Crippen molar-refractivity contribution in [2.45, 2.75) is 18.9 Å². The largest absolute Gasteiger partial charge is 0.374 e. The highest BCUT2D eigenvalue weighted by Crippen LogP contribution is 2.19. The Morgan fingerprint density at radius 3 is 3.05 bits per heavy atom. The van der Waals surface area contributed by atoms with E-state index in [9.17, 15) is 4.79 Å². The molecule has 3 nitrogen and oxygen atoms in total. The first-order valence-corrected chi connectivity index (χ1v) is 6.82. The topological polar surface area (TPSA) is 29.5 Å². The molecule has 1 atom stereocenters. The van der Waals surface area contributed by atoms with Gasteiger partial charge >= 0.3 is 0 Å². The van der Waals surface area contributed by atoms with Crippen LogP contribution in [0, 0.1) is 0 Å². The fourth-order valence-electron chi connectivity index (χ4n) is 2.23. The zero-order valence-corrected chi connectivity index (χ0v) is 11.6. The van der Waals surface area contributed by atoms with Crippen molar-refractivity contribution in [3.8, 4) is 0 Å². The third kappa shape index (κ3) is 3.82. The smallest absolute Gasteiger partial charge is 0.226 e. The second-order valence-corrected chi connectivity index (χ2v) is 5.03. The summed E-state index contributed by atoms with van der Waals surface area (Å²) < 4.78 is 5.72. The highest BCUT2D eigenvalue weighted by molar-refractivity contribution is 6.31. The van der Waals surface area contributed by atoms with Gasteiger partial charge in [-0.25, -0.2) is 0 Å². The Morgan fingerprint density at radius 1 is 1.53 bits per heavy atom. The minimum absolute atomic E-state index is 0.0161. The lowest BCUT2D eigenvalue weighted by atomic mass is 10.1. The molecule has 1 fully saturated rings. The van der Waals surface area contributed by atoms with Crippen LogP contribution in [0.25, 0.3) is 0 Å². The standard InChI is InChI=1S/C15H18ClNO2/c1-2-5-15(18)17-8-9-19-13(11-17)10-12-6-3-4-7-14(12)16/h2-4,6-7,13H,1,5,8-11H2/t13-/m0/s1. The van der Waals surface area contributed by atoms with Crippen molar-refractivity contribution in [2.24, 2.45) is 0 Å². The van der Waals surface area contributed by atoms with Crippen LogP contribution in [0.4, 0.5) is 0 Å². The first-order valence-electron chi connectivity index (χ1n) is 6.44. The van der Waals surface area contributed by atoms with Gasteiger partial charge in [-0.2, -0.15) is 0 Å². The highest BCUT2D eigenvalue weighted by atomic mass is 35.5. The number of ether oxygens (including phenoxy) is 1. The lowest BCUT2D eigenvalue weighted by Gasteiger charge is -2.33. The van der Waals surface area contributed by atoms with Crippen LogP contribution in [0.2, 0.25) is 5.02 Å². The summed E-state index contributed by atoms with van der Waals surface area (Å²) in [6.45, 7) is 5.46. The molecule has 0 aliphatic carbocycles. The molecule has 1 aliphatic heterocycles. The summed E-state index contributed by atoms with van der Waals surface area (Å²) in [4.78, 5) is 13.7. The molecule has 19 heavy (non-hydrogen) atoms. The summed E-state index contributed by atoms with van der Waals surface area (Å²) in [5.74, 6) is 0.113. The molecule has 1 aromatic carbocycles. The predicted octanol–water partition coefficient (Wildman–Crippen LogP) is 2.69. The van der Waals surface area contributed by atoms with Crippen molar-refractivity contribution >= 4 is 17.5 Å². The third-order valence-electron chi connectivity index (χ3n) is 3.22. The van der Waals surface area contributed by atoms with Crippen LogP contribution >= 0.6 is 11.6 Å². The monoisotopic (exact) mass is 279 g/mol. The zero-order valence-electron chi connectivity index (χ0n) is 10.8. The van der Waals surface area contributed by atoms with E-state index >= 15 is 0 Å². The molecule has 1 aliphatic rings. The number of hydrogen-bond donors (Lipinski definition) is 0. The molecule has 0 N–H and O–H groups in total. The van der Waals surface area contributed by atoms with E-state index in [0.29, 0.717) is 26.1 Å². The van der Waals surface area contributed by atoms with Crippen LogP contribution < -0.4 is 0 Å². The number of benzene rings is 1. The van der Waals surface area contributed by atoms with Crippen LogP contribution in [0.15, 0.2) is 36.9 Å². The molecule has 0 bridgehead atoms. The molecular formula is C15H18ClNO2. The zero-order chi connectivity index (χ0) is 13.7. The minimum Gasteiger partial charge on any atom is -0.374 e. The molecule has 1 amide bonds. The molecule has 4 heteroatoms. The van der Waals surface area contributed by atoms with Crippen molar-refractivity contribution in [3.63, 3.8) is 0 Å². The van der Waals surface area contributed by atoms with Gasteiger partial charge in [-0.05, 0) is 11.6 Å². The average Bonchev–Trinajstić information content (AvgIpc) is 2.42. The number of hydrogen-bond acceptors (Lipinski definition) is 2. The maximum absolute atomic E-state index is 11.8. The van der Waals surface area contributed by atoms with Crippen LogP contribution in [0.5, 0.6) is 0 Å². The van der Waals surface area contributed by atoms with Crippen LogP contribution in [-0.4, -0.2) is 36.6 Å². The SMILES string of the molecule is C=CCC(=O)N1CCO[C@@H](Cc2ccccc2Cl)C1. The molecule has 0 saturated carbocycles. The Labute approximate surface area is 118 Å². The second-order valence-electron chi connectivity index (χ2n) is 4.62. The average molecular weight is 280 g/mol. The Morgan fingerprint density at radius 2 is 2.32 bits per heavy atom. The van der Waals surface area contributed by atoms with Crippen molar-refractivity contribution in [1.29, 1.82) is 0 Å². The Balaban J connectivity index is 1.96. The summed E-state index contributed by atoms with van der Waals surface area (Å²) in [6.07, 6.45) is 2.78. The van der Waals surface area contributed by atoms with Gasteiger partial charge in [0, 0.05) is 31.0 Å². The molecule has 0 radical (unpaired) electrons. The van der Waals surface area contributed by atoms with E-state index in [0.717, 1.165) is 17.0 Å². The Hall–Kier alpha value is -1.32. The van der Waals surface area contributed by atoms with E-state index in [4.69, 9.17) is 16.3 Å². The maximum atomic E-state index is 11.8. The molecule has 1 aromatic rings. The molecule has 1 heterocycles.